The Morgan fingerprint density at radius 2 is 2.12 bits per heavy atom. The molecule has 1 atom stereocenters. The van der Waals surface area contributed by atoms with Gasteiger partial charge in [-0.15, -0.1) is 11.3 Å². The van der Waals surface area contributed by atoms with E-state index in [2.05, 4.69) is 22.4 Å². The number of ether oxygens (including phenoxy) is 1. The molecule has 6 heteroatoms. The van der Waals surface area contributed by atoms with Crippen molar-refractivity contribution in [2.45, 2.75) is 51.8 Å². The molecule has 1 aliphatic rings. The Kier molecular flexibility index (Phi) is 5.94. The fraction of sp³-hybridized carbons (Fsp3) is 0.500. The van der Waals surface area contributed by atoms with Gasteiger partial charge in [0.05, 0.1) is 4.88 Å². The van der Waals surface area contributed by atoms with Crippen LogP contribution in [-0.2, 0) is 11.3 Å². The van der Waals surface area contributed by atoms with E-state index in [0.717, 1.165) is 37.5 Å². The molecule has 0 saturated carbocycles. The number of hydrogen-bond donors (Lipinski definition) is 1. The van der Waals surface area contributed by atoms with E-state index in [9.17, 15) is 4.79 Å². The Bertz CT molecular complexity index is 724. The Labute approximate surface area is 159 Å². The van der Waals surface area contributed by atoms with Gasteiger partial charge in [0.15, 0.2) is 0 Å². The van der Waals surface area contributed by atoms with Gasteiger partial charge in [-0.3, -0.25) is 0 Å². The number of amides is 1. The van der Waals surface area contributed by atoms with E-state index in [1.54, 1.807) is 11.3 Å². The van der Waals surface area contributed by atoms with Crippen LogP contribution in [0.25, 0.3) is 10.4 Å². The molecular formula is C20H27N3O2S. The van der Waals surface area contributed by atoms with E-state index in [1.807, 2.05) is 50.1 Å². The summed E-state index contributed by atoms with van der Waals surface area (Å²) in [6, 6.07) is 10.5. The molecule has 1 aromatic heterocycles. The minimum Gasteiger partial charge on any atom is -0.444 e. The highest BCUT2D eigenvalue weighted by atomic mass is 32.1. The minimum atomic E-state index is -0.452. The van der Waals surface area contributed by atoms with Gasteiger partial charge in [-0.2, -0.15) is 0 Å². The normalized spacial score (nSPS) is 17.5. The second-order valence-corrected chi connectivity index (χ2v) is 8.70. The summed E-state index contributed by atoms with van der Waals surface area (Å²) >= 11 is 1.70. The quantitative estimate of drug-likeness (QED) is 0.849. The van der Waals surface area contributed by atoms with Gasteiger partial charge in [-0.05, 0) is 39.2 Å². The molecule has 0 bridgehead atoms. The molecule has 1 aliphatic heterocycles. The van der Waals surface area contributed by atoms with Crippen molar-refractivity contribution in [3.63, 3.8) is 0 Å². The number of rotatable bonds is 5. The van der Waals surface area contributed by atoms with E-state index in [-0.39, 0.29) is 12.1 Å². The third-order valence-electron chi connectivity index (χ3n) is 4.27. The largest absolute Gasteiger partial charge is 0.444 e. The Morgan fingerprint density at radius 3 is 2.85 bits per heavy atom. The summed E-state index contributed by atoms with van der Waals surface area (Å²) in [5.74, 6) is 0. The molecule has 1 unspecified atom stereocenters. The number of carbonyl (C=O) groups is 1. The molecule has 1 fully saturated rings. The lowest BCUT2D eigenvalue weighted by atomic mass is 10.2. The molecular weight excluding hydrogens is 346 g/mol. The van der Waals surface area contributed by atoms with Gasteiger partial charge in [0.1, 0.15) is 10.6 Å². The van der Waals surface area contributed by atoms with Crippen LogP contribution < -0.4 is 5.32 Å². The van der Waals surface area contributed by atoms with Gasteiger partial charge in [-0.1, -0.05) is 30.3 Å². The average molecular weight is 374 g/mol. The summed E-state index contributed by atoms with van der Waals surface area (Å²) in [4.78, 5) is 19.9. The molecule has 0 aliphatic carbocycles. The van der Waals surface area contributed by atoms with Gasteiger partial charge < -0.3 is 15.0 Å². The smallest absolute Gasteiger partial charge is 0.410 e. The monoisotopic (exact) mass is 373 g/mol. The number of hydrogen-bond acceptors (Lipinski definition) is 5. The lowest BCUT2D eigenvalue weighted by Crippen LogP contribution is -2.44. The fourth-order valence-corrected chi connectivity index (χ4v) is 3.98. The van der Waals surface area contributed by atoms with Gasteiger partial charge in [0.25, 0.3) is 0 Å². The van der Waals surface area contributed by atoms with Crippen molar-refractivity contribution < 1.29 is 9.53 Å². The maximum atomic E-state index is 12.3. The lowest BCUT2D eigenvalue weighted by molar-refractivity contribution is 0.0226. The fourth-order valence-electron chi connectivity index (χ4n) is 3.08. The molecule has 3 rings (SSSR count). The van der Waals surface area contributed by atoms with Crippen LogP contribution in [0.1, 0.15) is 38.6 Å². The summed E-state index contributed by atoms with van der Waals surface area (Å²) in [6.45, 7) is 7.97. The lowest BCUT2D eigenvalue weighted by Gasteiger charge is -2.28. The molecule has 140 valence electrons. The van der Waals surface area contributed by atoms with Crippen LogP contribution in [0.2, 0.25) is 0 Å². The molecule has 1 amide bonds. The van der Waals surface area contributed by atoms with Gasteiger partial charge in [0.2, 0.25) is 0 Å². The number of thiazole rings is 1. The van der Waals surface area contributed by atoms with Crippen molar-refractivity contribution in [2.24, 2.45) is 0 Å². The molecule has 5 nitrogen and oxygen atoms in total. The van der Waals surface area contributed by atoms with Crippen molar-refractivity contribution in [3.05, 3.63) is 41.5 Å². The predicted octanol–water partition coefficient (Wildman–Crippen LogP) is 4.30. The highest BCUT2D eigenvalue weighted by molar-refractivity contribution is 7.15. The Hall–Kier alpha value is -1.92. The van der Waals surface area contributed by atoms with Crippen molar-refractivity contribution in [1.82, 2.24) is 15.2 Å². The van der Waals surface area contributed by atoms with Crippen LogP contribution in [0.3, 0.4) is 0 Å². The van der Waals surface area contributed by atoms with Crippen LogP contribution in [-0.4, -0.2) is 40.7 Å². The predicted molar refractivity (Wildman–Crippen MR) is 105 cm³/mol. The molecule has 26 heavy (non-hydrogen) atoms. The number of benzene rings is 1. The number of aromatic nitrogens is 1. The number of nitrogens with zero attached hydrogens (tertiary/aromatic N) is 2. The Balaban J connectivity index is 1.50. The van der Waals surface area contributed by atoms with E-state index in [4.69, 9.17) is 4.74 Å². The standard InChI is InChI=1S/C20H27N3O2S/c1-20(2,3)25-19(24)23-11-7-10-16(23)12-21-14-18-22-13-17(26-18)15-8-5-4-6-9-15/h4-6,8-9,13,16,21H,7,10-12,14H2,1-3H3. The zero-order valence-corrected chi connectivity index (χ0v) is 16.5. The van der Waals surface area contributed by atoms with E-state index < -0.39 is 5.60 Å². The van der Waals surface area contributed by atoms with Gasteiger partial charge >= 0.3 is 6.09 Å². The van der Waals surface area contributed by atoms with Crippen molar-refractivity contribution in [2.75, 3.05) is 13.1 Å². The van der Waals surface area contributed by atoms with E-state index in [1.165, 1.54) is 10.4 Å². The summed E-state index contributed by atoms with van der Waals surface area (Å²) in [6.07, 6.45) is 3.77. The highest BCUT2D eigenvalue weighted by Gasteiger charge is 2.31. The van der Waals surface area contributed by atoms with Gasteiger partial charge in [-0.25, -0.2) is 9.78 Å². The van der Waals surface area contributed by atoms with Crippen LogP contribution in [0.4, 0.5) is 4.79 Å². The molecule has 1 saturated heterocycles. The molecule has 1 N–H and O–H groups in total. The maximum Gasteiger partial charge on any atom is 0.410 e. The molecule has 0 radical (unpaired) electrons. The van der Waals surface area contributed by atoms with Crippen molar-refractivity contribution in [1.29, 1.82) is 0 Å². The third-order valence-corrected chi connectivity index (χ3v) is 5.32. The summed E-state index contributed by atoms with van der Waals surface area (Å²) in [5, 5.41) is 4.52. The maximum absolute atomic E-state index is 12.3. The number of nitrogens with one attached hydrogen (secondary N) is 1. The second-order valence-electron chi connectivity index (χ2n) is 7.58. The summed E-state index contributed by atoms with van der Waals surface area (Å²) < 4.78 is 5.52. The second kappa shape index (κ2) is 8.18. The molecule has 0 spiro atoms. The number of carbonyl (C=O) groups excluding carboxylic acids is 1. The average Bonchev–Trinajstić information content (AvgIpc) is 3.24. The third kappa shape index (κ3) is 5.05. The Morgan fingerprint density at radius 1 is 1.35 bits per heavy atom. The zero-order valence-electron chi connectivity index (χ0n) is 15.7. The first-order valence-electron chi connectivity index (χ1n) is 9.13. The van der Waals surface area contributed by atoms with Crippen molar-refractivity contribution >= 4 is 17.4 Å². The van der Waals surface area contributed by atoms with Crippen molar-refractivity contribution in [3.8, 4) is 10.4 Å². The van der Waals surface area contributed by atoms with Crippen LogP contribution in [0.15, 0.2) is 36.5 Å². The van der Waals surface area contributed by atoms with Crippen LogP contribution in [0, 0.1) is 0 Å². The molecule has 2 aromatic rings. The number of likely N-dealkylation sites (tertiary alicyclic amines) is 1. The first kappa shape index (κ1) is 18.9. The SMILES string of the molecule is CC(C)(C)OC(=O)N1CCCC1CNCc1ncc(-c2ccccc2)s1. The first-order chi connectivity index (χ1) is 12.4. The highest BCUT2D eigenvalue weighted by Crippen LogP contribution is 2.26. The zero-order chi connectivity index (χ0) is 18.6. The summed E-state index contributed by atoms with van der Waals surface area (Å²) in [7, 11) is 0. The van der Waals surface area contributed by atoms with E-state index >= 15 is 0 Å². The minimum absolute atomic E-state index is 0.193. The van der Waals surface area contributed by atoms with Gasteiger partial charge in [0, 0.05) is 31.9 Å². The van der Waals surface area contributed by atoms with Crippen LogP contribution in [0.5, 0.6) is 0 Å². The van der Waals surface area contributed by atoms with Crippen LogP contribution >= 0.6 is 11.3 Å². The molecule has 2 heterocycles. The topological polar surface area (TPSA) is 54.5 Å². The molecule has 1 aromatic carbocycles. The summed E-state index contributed by atoms with van der Waals surface area (Å²) in [5.41, 5.74) is 0.745. The first-order valence-corrected chi connectivity index (χ1v) is 9.94. The van der Waals surface area contributed by atoms with E-state index in [0.29, 0.717) is 0 Å².